The van der Waals surface area contributed by atoms with Crippen LogP contribution in [0.4, 0.5) is 0 Å². The lowest BCUT2D eigenvalue weighted by Crippen LogP contribution is -2.37. The number of ether oxygens (including phenoxy) is 1. The lowest BCUT2D eigenvalue weighted by molar-refractivity contribution is -0.163. The van der Waals surface area contributed by atoms with Crippen molar-refractivity contribution >= 4 is 5.97 Å². The van der Waals surface area contributed by atoms with Crippen LogP contribution in [0.5, 0.6) is 0 Å². The highest BCUT2D eigenvalue weighted by molar-refractivity contribution is 5.71. The number of hydrogen-bond donors (Lipinski definition) is 1. The van der Waals surface area contributed by atoms with E-state index in [1.54, 1.807) is 0 Å². The van der Waals surface area contributed by atoms with E-state index in [2.05, 4.69) is 6.92 Å². The van der Waals surface area contributed by atoms with E-state index in [0.29, 0.717) is 5.92 Å². The molecule has 2 atom stereocenters. The molecule has 0 spiro atoms. The topological polar surface area (TPSA) is 61.5 Å². The lowest BCUT2D eigenvalue weighted by atomic mass is 9.96. The number of carbonyl (C=O) groups is 1. The van der Waals surface area contributed by atoms with Crippen LogP contribution >= 0.6 is 0 Å². The molecule has 1 rings (SSSR count). The Labute approximate surface area is 97.4 Å². The quantitative estimate of drug-likeness (QED) is 0.595. The summed E-state index contributed by atoms with van der Waals surface area (Å²) in [5.41, 5.74) is -0.946. The second kappa shape index (κ2) is 4.72. The van der Waals surface area contributed by atoms with Crippen molar-refractivity contribution in [1.82, 2.24) is 0 Å². The molecule has 4 nitrogen and oxygen atoms in total. The van der Waals surface area contributed by atoms with E-state index in [-0.39, 0.29) is 12.4 Å². The molecular weight excluding hydrogens is 206 g/mol. The minimum absolute atomic E-state index is 0.230. The van der Waals surface area contributed by atoms with Gasteiger partial charge in [0.05, 0.1) is 6.42 Å². The Bertz CT molecular complexity index is 259. The van der Waals surface area contributed by atoms with Crippen LogP contribution in [0, 0.1) is 5.92 Å². The maximum absolute atomic E-state index is 11.7. The average Bonchev–Trinajstić information content (AvgIpc) is 2.44. The summed E-state index contributed by atoms with van der Waals surface area (Å²) < 4.78 is 5.29. The van der Waals surface area contributed by atoms with Gasteiger partial charge in [0, 0.05) is 0 Å². The number of nitrogens with two attached hydrogens (primary N) is 1. The fourth-order valence-corrected chi connectivity index (χ4v) is 2.30. The van der Waals surface area contributed by atoms with Crippen molar-refractivity contribution in [1.29, 1.82) is 0 Å². The van der Waals surface area contributed by atoms with Gasteiger partial charge in [0.2, 0.25) is 0 Å². The maximum atomic E-state index is 11.7. The van der Waals surface area contributed by atoms with Crippen molar-refractivity contribution < 1.29 is 14.4 Å². The predicted molar refractivity (Wildman–Crippen MR) is 61.5 cm³/mol. The Hall–Kier alpha value is -0.610. The van der Waals surface area contributed by atoms with E-state index in [9.17, 15) is 4.79 Å². The fourth-order valence-electron chi connectivity index (χ4n) is 2.30. The van der Waals surface area contributed by atoms with E-state index < -0.39 is 11.2 Å². The molecule has 94 valence electrons. The van der Waals surface area contributed by atoms with Crippen molar-refractivity contribution in [2.45, 2.75) is 64.6 Å². The molecule has 1 fully saturated rings. The summed E-state index contributed by atoms with van der Waals surface area (Å²) in [7, 11) is 0. The smallest absolute Gasteiger partial charge is 0.309 e. The molecule has 0 aromatic heterocycles. The summed E-state index contributed by atoms with van der Waals surface area (Å²) >= 11 is 0. The molecule has 0 radical (unpaired) electrons. The van der Waals surface area contributed by atoms with E-state index in [1.807, 2.05) is 20.8 Å². The molecule has 4 heteroatoms. The van der Waals surface area contributed by atoms with Crippen LogP contribution in [-0.2, 0) is 14.4 Å². The molecule has 2 N–H and O–H groups in total. The first-order valence-corrected chi connectivity index (χ1v) is 5.86. The largest absolute Gasteiger partial charge is 0.460 e. The van der Waals surface area contributed by atoms with Gasteiger partial charge in [-0.15, -0.1) is 0 Å². The number of rotatable bonds is 3. The van der Waals surface area contributed by atoms with Crippen LogP contribution in [0.2, 0.25) is 0 Å². The van der Waals surface area contributed by atoms with Crippen LogP contribution in [0.25, 0.3) is 0 Å². The molecule has 1 saturated carbocycles. The van der Waals surface area contributed by atoms with Gasteiger partial charge < -0.3 is 4.74 Å². The van der Waals surface area contributed by atoms with E-state index in [1.165, 1.54) is 0 Å². The molecule has 0 saturated heterocycles. The Morgan fingerprint density at radius 3 is 2.50 bits per heavy atom. The Morgan fingerprint density at radius 1 is 1.50 bits per heavy atom. The van der Waals surface area contributed by atoms with Gasteiger partial charge in [-0.1, -0.05) is 6.92 Å². The second-order valence-electron chi connectivity index (χ2n) is 5.91. The highest BCUT2D eigenvalue weighted by Gasteiger charge is 2.41. The van der Waals surface area contributed by atoms with Gasteiger partial charge in [-0.3, -0.25) is 9.63 Å². The summed E-state index contributed by atoms with van der Waals surface area (Å²) in [5.74, 6) is 5.67. The number of hydrogen-bond acceptors (Lipinski definition) is 4. The SMILES string of the molecule is CC1CCC(CC(=O)OC(C)(C)C)(ON)C1. The molecule has 16 heavy (non-hydrogen) atoms. The number of carbonyl (C=O) groups excluding carboxylic acids is 1. The van der Waals surface area contributed by atoms with Crippen molar-refractivity contribution in [3.05, 3.63) is 0 Å². The van der Waals surface area contributed by atoms with Crippen molar-refractivity contribution in [2.75, 3.05) is 0 Å². The summed E-state index contributed by atoms with van der Waals surface area (Å²) in [5, 5.41) is 0. The van der Waals surface area contributed by atoms with E-state index >= 15 is 0 Å². The summed E-state index contributed by atoms with van der Waals surface area (Å²) in [4.78, 5) is 16.8. The third kappa shape index (κ3) is 3.76. The molecule has 0 aromatic carbocycles. The van der Waals surface area contributed by atoms with Crippen molar-refractivity contribution in [3.63, 3.8) is 0 Å². The van der Waals surface area contributed by atoms with Crippen LogP contribution in [0.3, 0.4) is 0 Å². The second-order valence-corrected chi connectivity index (χ2v) is 5.91. The first kappa shape index (κ1) is 13.5. The first-order valence-electron chi connectivity index (χ1n) is 5.86. The minimum Gasteiger partial charge on any atom is -0.460 e. The molecule has 1 aliphatic rings. The zero-order valence-electron chi connectivity index (χ0n) is 10.7. The molecule has 1 aliphatic carbocycles. The monoisotopic (exact) mass is 229 g/mol. The van der Waals surface area contributed by atoms with Crippen LogP contribution in [0.1, 0.15) is 53.4 Å². The van der Waals surface area contributed by atoms with Crippen LogP contribution in [0.15, 0.2) is 0 Å². The highest BCUT2D eigenvalue weighted by atomic mass is 16.6. The van der Waals surface area contributed by atoms with Crippen molar-refractivity contribution in [2.24, 2.45) is 11.8 Å². The normalized spacial score (nSPS) is 30.4. The Balaban J connectivity index is 2.54. The van der Waals surface area contributed by atoms with Crippen LogP contribution in [-0.4, -0.2) is 17.2 Å². The molecule has 2 unspecified atom stereocenters. The summed E-state index contributed by atoms with van der Waals surface area (Å²) in [6.45, 7) is 7.73. The Kier molecular flexibility index (Phi) is 3.97. The highest BCUT2D eigenvalue weighted by Crippen LogP contribution is 2.39. The van der Waals surface area contributed by atoms with Gasteiger partial charge in [0.1, 0.15) is 11.2 Å². The molecule has 0 aromatic rings. The van der Waals surface area contributed by atoms with Crippen LogP contribution < -0.4 is 5.90 Å². The van der Waals surface area contributed by atoms with E-state index in [4.69, 9.17) is 15.5 Å². The summed E-state index contributed by atoms with van der Waals surface area (Å²) in [6, 6.07) is 0. The van der Waals surface area contributed by atoms with Gasteiger partial charge in [0.25, 0.3) is 0 Å². The molecule has 0 aliphatic heterocycles. The van der Waals surface area contributed by atoms with Gasteiger partial charge >= 0.3 is 5.97 Å². The fraction of sp³-hybridized carbons (Fsp3) is 0.917. The van der Waals surface area contributed by atoms with Gasteiger partial charge in [-0.25, -0.2) is 5.90 Å². The molecular formula is C12H23NO3. The maximum Gasteiger partial charge on any atom is 0.309 e. The molecule has 0 heterocycles. The standard InChI is InChI=1S/C12H23NO3/c1-9-5-6-12(7-9,16-13)8-10(14)15-11(2,3)4/h9H,5-8,13H2,1-4H3. The molecule has 0 bridgehead atoms. The number of esters is 1. The van der Waals surface area contributed by atoms with E-state index in [0.717, 1.165) is 19.3 Å². The average molecular weight is 229 g/mol. The zero-order valence-corrected chi connectivity index (χ0v) is 10.7. The van der Waals surface area contributed by atoms with Crippen molar-refractivity contribution in [3.8, 4) is 0 Å². The first-order chi connectivity index (χ1) is 7.26. The Morgan fingerprint density at radius 2 is 2.12 bits per heavy atom. The van der Waals surface area contributed by atoms with Gasteiger partial charge in [0.15, 0.2) is 0 Å². The predicted octanol–water partition coefficient (Wildman–Crippen LogP) is 2.17. The van der Waals surface area contributed by atoms with Gasteiger partial charge in [-0.05, 0) is 46.0 Å². The summed E-state index contributed by atoms with van der Waals surface area (Å²) in [6.07, 6.45) is 2.98. The zero-order chi connectivity index (χ0) is 12.4. The lowest BCUT2D eigenvalue weighted by Gasteiger charge is -2.28. The third-order valence-corrected chi connectivity index (χ3v) is 2.95. The van der Waals surface area contributed by atoms with Gasteiger partial charge in [-0.2, -0.15) is 0 Å². The third-order valence-electron chi connectivity index (χ3n) is 2.95. The minimum atomic E-state index is -0.498. The molecule has 0 amide bonds.